The molecule has 2 aromatic rings. The molecule has 0 aromatic carbocycles. The van der Waals surface area contributed by atoms with Gasteiger partial charge in [-0.25, -0.2) is 18.1 Å². The fourth-order valence-corrected chi connectivity index (χ4v) is 2.48. The maximum absolute atomic E-state index is 12.1. The third kappa shape index (κ3) is 3.49. The number of nitrogens with one attached hydrogen (secondary N) is 1. The van der Waals surface area contributed by atoms with Crippen LogP contribution in [0.2, 0.25) is 0 Å². The highest BCUT2D eigenvalue weighted by Gasteiger charge is 2.21. The molecule has 0 bridgehead atoms. The number of nitrogens with two attached hydrogens (primary N) is 1. The average Bonchev–Trinajstić information content (AvgIpc) is 2.46. The van der Waals surface area contributed by atoms with E-state index in [-0.39, 0.29) is 17.3 Å². The van der Waals surface area contributed by atoms with Gasteiger partial charge >= 0.3 is 5.69 Å². The zero-order valence-corrected chi connectivity index (χ0v) is 11.4. The molecule has 0 saturated heterocycles. The first kappa shape index (κ1) is 14.8. The Morgan fingerprint density at radius 1 is 1.33 bits per heavy atom. The van der Waals surface area contributed by atoms with E-state index in [0.29, 0.717) is 5.56 Å². The Morgan fingerprint density at radius 2 is 2.00 bits per heavy atom. The summed E-state index contributed by atoms with van der Waals surface area (Å²) in [4.78, 5) is 17.0. The Balaban J connectivity index is 2.24. The van der Waals surface area contributed by atoms with E-state index in [0.717, 1.165) is 12.3 Å². The fraction of sp³-hybridized carbons (Fsp3) is 0.0909. The molecule has 0 aliphatic rings. The van der Waals surface area contributed by atoms with Gasteiger partial charge in [0.15, 0.2) is 0 Å². The van der Waals surface area contributed by atoms with Crippen molar-refractivity contribution in [3.63, 3.8) is 0 Å². The van der Waals surface area contributed by atoms with Crippen molar-refractivity contribution < 1.29 is 13.3 Å². The second kappa shape index (κ2) is 5.81. The van der Waals surface area contributed by atoms with Gasteiger partial charge in [-0.3, -0.25) is 15.1 Å². The van der Waals surface area contributed by atoms with Gasteiger partial charge in [-0.05, 0) is 17.7 Å². The van der Waals surface area contributed by atoms with Crippen LogP contribution in [0.1, 0.15) is 5.56 Å². The van der Waals surface area contributed by atoms with Gasteiger partial charge in [0.25, 0.3) is 0 Å². The Bertz CT molecular complexity index is 763. The van der Waals surface area contributed by atoms with Crippen LogP contribution in [-0.4, -0.2) is 23.3 Å². The molecule has 110 valence electrons. The maximum Gasteiger partial charge on any atom is 0.312 e. The monoisotopic (exact) mass is 309 g/mol. The van der Waals surface area contributed by atoms with E-state index in [1.807, 2.05) is 0 Å². The summed E-state index contributed by atoms with van der Waals surface area (Å²) >= 11 is 0. The highest BCUT2D eigenvalue weighted by molar-refractivity contribution is 7.89. The van der Waals surface area contributed by atoms with Crippen LogP contribution in [0.25, 0.3) is 0 Å². The molecule has 10 heteroatoms. The van der Waals surface area contributed by atoms with Gasteiger partial charge in [-0.1, -0.05) is 0 Å². The average molecular weight is 309 g/mol. The van der Waals surface area contributed by atoms with Crippen molar-refractivity contribution >= 4 is 21.5 Å². The predicted molar refractivity (Wildman–Crippen MR) is 73.6 cm³/mol. The molecule has 9 nitrogen and oxygen atoms in total. The standard InChI is InChI=1S/C11H11N5O4S/c12-11-10(16(17)18)5-9(7-14-11)21(19,20)15-6-8-1-3-13-4-2-8/h1-5,7,15H,6H2,(H2,12,14). The molecule has 21 heavy (non-hydrogen) atoms. The normalized spacial score (nSPS) is 11.2. The summed E-state index contributed by atoms with van der Waals surface area (Å²) in [6.07, 6.45) is 4.02. The van der Waals surface area contributed by atoms with E-state index in [2.05, 4.69) is 14.7 Å². The molecule has 0 aliphatic heterocycles. The van der Waals surface area contributed by atoms with E-state index in [1.165, 1.54) is 12.4 Å². The Hall–Kier alpha value is -2.59. The second-order valence-electron chi connectivity index (χ2n) is 4.01. The summed E-state index contributed by atoms with van der Waals surface area (Å²) in [7, 11) is -3.92. The van der Waals surface area contributed by atoms with Crippen LogP contribution >= 0.6 is 0 Å². The van der Waals surface area contributed by atoms with E-state index >= 15 is 0 Å². The SMILES string of the molecule is Nc1ncc(S(=O)(=O)NCc2ccncc2)cc1[N+](=O)[O-]. The van der Waals surface area contributed by atoms with Gasteiger partial charge in [0.1, 0.15) is 4.90 Å². The van der Waals surface area contributed by atoms with E-state index < -0.39 is 20.6 Å². The van der Waals surface area contributed by atoms with E-state index in [9.17, 15) is 18.5 Å². The summed E-state index contributed by atoms with van der Waals surface area (Å²) < 4.78 is 26.4. The number of pyridine rings is 2. The summed E-state index contributed by atoms with van der Waals surface area (Å²) in [6.45, 7) is 0.0308. The molecule has 2 rings (SSSR count). The number of sulfonamides is 1. The number of aromatic nitrogens is 2. The third-order valence-electron chi connectivity index (χ3n) is 2.59. The molecule has 3 N–H and O–H groups in total. The van der Waals surface area contributed by atoms with Crippen LogP contribution in [-0.2, 0) is 16.6 Å². The number of nitrogen functional groups attached to an aromatic ring is 1. The highest BCUT2D eigenvalue weighted by Crippen LogP contribution is 2.22. The van der Waals surface area contributed by atoms with Crippen molar-refractivity contribution in [2.24, 2.45) is 0 Å². The summed E-state index contributed by atoms with van der Waals surface area (Å²) in [5.74, 6) is -0.340. The Labute approximate surface area is 120 Å². The van der Waals surface area contributed by atoms with Gasteiger partial charge in [-0.15, -0.1) is 0 Å². The molecule has 0 fully saturated rings. The lowest BCUT2D eigenvalue weighted by Crippen LogP contribution is -2.23. The molecule has 0 amide bonds. The lowest BCUT2D eigenvalue weighted by Gasteiger charge is -2.07. The highest BCUT2D eigenvalue weighted by atomic mass is 32.2. The van der Waals surface area contributed by atoms with Crippen molar-refractivity contribution in [2.75, 3.05) is 5.73 Å². The van der Waals surface area contributed by atoms with Crippen LogP contribution in [0, 0.1) is 10.1 Å². The van der Waals surface area contributed by atoms with E-state index in [1.54, 1.807) is 12.1 Å². The van der Waals surface area contributed by atoms with Crippen molar-refractivity contribution in [2.45, 2.75) is 11.4 Å². The minimum Gasteiger partial charge on any atom is -0.378 e. The van der Waals surface area contributed by atoms with Crippen molar-refractivity contribution in [1.82, 2.24) is 14.7 Å². The molecular weight excluding hydrogens is 298 g/mol. The predicted octanol–water partition coefficient (Wildman–Crippen LogP) is 0.445. The van der Waals surface area contributed by atoms with Crippen LogP contribution in [0.4, 0.5) is 11.5 Å². The summed E-state index contributed by atoms with van der Waals surface area (Å²) in [6, 6.07) is 4.16. The van der Waals surface area contributed by atoms with Crippen molar-refractivity contribution in [3.05, 3.63) is 52.5 Å². The van der Waals surface area contributed by atoms with Gasteiger partial charge in [0, 0.05) is 31.2 Å². The Morgan fingerprint density at radius 3 is 2.62 bits per heavy atom. The minimum atomic E-state index is -3.92. The third-order valence-corrected chi connectivity index (χ3v) is 3.96. The molecule has 0 unspecified atom stereocenters. The first-order valence-electron chi connectivity index (χ1n) is 5.68. The van der Waals surface area contributed by atoms with Crippen LogP contribution in [0.3, 0.4) is 0 Å². The number of hydrogen-bond acceptors (Lipinski definition) is 7. The number of anilines is 1. The van der Waals surface area contributed by atoms with Gasteiger partial charge < -0.3 is 5.73 Å². The van der Waals surface area contributed by atoms with Crippen LogP contribution in [0.5, 0.6) is 0 Å². The summed E-state index contributed by atoms with van der Waals surface area (Å²) in [5.41, 5.74) is 5.47. The first-order valence-corrected chi connectivity index (χ1v) is 7.17. The lowest BCUT2D eigenvalue weighted by molar-refractivity contribution is -0.384. The molecule has 0 radical (unpaired) electrons. The lowest BCUT2D eigenvalue weighted by atomic mass is 10.3. The zero-order valence-electron chi connectivity index (χ0n) is 10.6. The van der Waals surface area contributed by atoms with Gasteiger partial charge in [0.05, 0.1) is 4.92 Å². The second-order valence-corrected chi connectivity index (χ2v) is 5.78. The van der Waals surface area contributed by atoms with Gasteiger partial charge in [-0.2, -0.15) is 0 Å². The largest absolute Gasteiger partial charge is 0.378 e. The van der Waals surface area contributed by atoms with Crippen LogP contribution in [0.15, 0.2) is 41.7 Å². The molecule has 0 saturated carbocycles. The van der Waals surface area contributed by atoms with Crippen LogP contribution < -0.4 is 10.5 Å². The van der Waals surface area contributed by atoms with Crippen molar-refractivity contribution in [1.29, 1.82) is 0 Å². The smallest absolute Gasteiger partial charge is 0.312 e. The minimum absolute atomic E-state index is 0.0308. The molecule has 2 heterocycles. The molecule has 0 aliphatic carbocycles. The number of rotatable bonds is 5. The van der Waals surface area contributed by atoms with Crippen molar-refractivity contribution in [3.8, 4) is 0 Å². The topological polar surface area (TPSA) is 141 Å². The molecule has 2 aromatic heterocycles. The Kier molecular flexibility index (Phi) is 4.10. The quantitative estimate of drug-likeness (QED) is 0.603. The van der Waals surface area contributed by atoms with Gasteiger partial charge in [0.2, 0.25) is 15.8 Å². The molecule has 0 atom stereocenters. The number of hydrogen-bond donors (Lipinski definition) is 2. The summed E-state index contributed by atoms with van der Waals surface area (Å²) in [5, 5.41) is 10.7. The number of nitrogens with zero attached hydrogens (tertiary/aromatic N) is 3. The van der Waals surface area contributed by atoms with E-state index in [4.69, 9.17) is 5.73 Å². The molecule has 0 spiro atoms. The number of nitro groups is 1. The zero-order chi connectivity index (χ0) is 15.5. The first-order chi connectivity index (χ1) is 9.90. The molecular formula is C11H11N5O4S. The fourth-order valence-electron chi connectivity index (χ4n) is 1.50. The maximum atomic E-state index is 12.1.